The first kappa shape index (κ1) is 7.76. The molecule has 1 aliphatic heterocycles. The highest BCUT2D eigenvalue weighted by molar-refractivity contribution is 8.00. The van der Waals surface area contributed by atoms with E-state index in [4.69, 9.17) is 10.5 Å². The number of fused-ring (bicyclic) bond motifs is 1. The smallest absolute Gasteiger partial charge is 0.127 e. The predicted octanol–water partition coefficient (Wildman–Crippen LogP) is 1.46. The standard InChI is InChI=1S/C8H10N2OS/c1-11-5-2-3-7-6(4-5)10-8(9)12-7/h2-4,8,10H,9H2,1H3. The first-order chi connectivity index (χ1) is 5.79. The van der Waals surface area contributed by atoms with Crippen molar-refractivity contribution >= 4 is 17.4 Å². The SMILES string of the molecule is COc1ccc2c(c1)NC(N)S2. The van der Waals surface area contributed by atoms with Gasteiger partial charge in [-0.25, -0.2) is 0 Å². The molecule has 64 valence electrons. The van der Waals surface area contributed by atoms with Crippen molar-refractivity contribution in [2.45, 2.75) is 10.4 Å². The lowest BCUT2D eigenvalue weighted by atomic mass is 10.3. The fourth-order valence-corrected chi connectivity index (χ4v) is 2.02. The minimum absolute atomic E-state index is 0.0212. The molecule has 1 aliphatic rings. The molecule has 0 aliphatic carbocycles. The molecule has 0 fully saturated rings. The molecule has 3 N–H and O–H groups in total. The van der Waals surface area contributed by atoms with Crippen LogP contribution in [-0.2, 0) is 0 Å². The first-order valence-corrected chi connectivity index (χ1v) is 4.54. The zero-order valence-corrected chi connectivity index (χ0v) is 7.52. The Morgan fingerprint density at radius 2 is 2.42 bits per heavy atom. The van der Waals surface area contributed by atoms with Gasteiger partial charge >= 0.3 is 0 Å². The van der Waals surface area contributed by atoms with Crippen molar-refractivity contribution in [2.75, 3.05) is 12.4 Å². The van der Waals surface area contributed by atoms with Gasteiger partial charge in [0.2, 0.25) is 0 Å². The summed E-state index contributed by atoms with van der Waals surface area (Å²) in [6, 6.07) is 5.90. The Hall–Kier alpha value is -0.870. The molecular formula is C8H10N2OS. The van der Waals surface area contributed by atoms with Crippen LogP contribution < -0.4 is 15.8 Å². The second kappa shape index (κ2) is 2.88. The summed E-state index contributed by atoms with van der Waals surface area (Å²) in [5.74, 6) is 0.857. The van der Waals surface area contributed by atoms with Crippen molar-refractivity contribution < 1.29 is 4.74 Å². The fourth-order valence-electron chi connectivity index (χ4n) is 1.17. The molecule has 4 heteroatoms. The molecule has 12 heavy (non-hydrogen) atoms. The van der Waals surface area contributed by atoms with Gasteiger partial charge in [0, 0.05) is 11.0 Å². The quantitative estimate of drug-likeness (QED) is 0.690. The number of thioether (sulfide) groups is 1. The number of hydrogen-bond acceptors (Lipinski definition) is 4. The molecule has 3 nitrogen and oxygen atoms in total. The molecule has 1 heterocycles. The van der Waals surface area contributed by atoms with Gasteiger partial charge in [-0.2, -0.15) is 0 Å². The number of nitrogens with two attached hydrogens (primary N) is 1. The topological polar surface area (TPSA) is 47.3 Å². The number of ether oxygens (including phenoxy) is 1. The van der Waals surface area contributed by atoms with Crippen molar-refractivity contribution in [1.82, 2.24) is 0 Å². The van der Waals surface area contributed by atoms with Crippen LogP contribution in [0.4, 0.5) is 5.69 Å². The van der Waals surface area contributed by atoms with Crippen LogP contribution in [0.25, 0.3) is 0 Å². The molecule has 1 unspecified atom stereocenters. The highest BCUT2D eigenvalue weighted by Crippen LogP contribution is 2.38. The van der Waals surface area contributed by atoms with Crippen LogP contribution in [-0.4, -0.2) is 12.6 Å². The molecule has 0 amide bonds. The lowest BCUT2D eigenvalue weighted by molar-refractivity contribution is 0.414. The van der Waals surface area contributed by atoms with Gasteiger partial charge in [-0.1, -0.05) is 11.8 Å². The molecule has 0 saturated carbocycles. The maximum atomic E-state index is 5.69. The maximum absolute atomic E-state index is 5.69. The third-order valence-electron chi connectivity index (χ3n) is 1.74. The fraction of sp³-hybridized carbons (Fsp3) is 0.250. The van der Waals surface area contributed by atoms with Crippen LogP contribution in [0.15, 0.2) is 23.1 Å². The zero-order valence-electron chi connectivity index (χ0n) is 6.70. The first-order valence-electron chi connectivity index (χ1n) is 3.66. The van der Waals surface area contributed by atoms with Gasteiger partial charge in [0.15, 0.2) is 0 Å². The van der Waals surface area contributed by atoms with Crippen molar-refractivity contribution in [3.8, 4) is 5.75 Å². The molecule has 0 bridgehead atoms. The Bertz CT molecular complexity index is 303. The number of nitrogens with one attached hydrogen (secondary N) is 1. The average molecular weight is 182 g/mol. The summed E-state index contributed by atoms with van der Waals surface area (Å²) >= 11 is 1.62. The molecule has 0 aromatic heterocycles. The second-order valence-electron chi connectivity index (χ2n) is 2.54. The van der Waals surface area contributed by atoms with Gasteiger partial charge in [-0.3, -0.25) is 0 Å². The van der Waals surface area contributed by atoms with E-state index in [1.807, 2.05) is 18.2 Å². The van der Waals surface area contributed by atoms with Crippen molar-refractivity contribution in [3.05, 3.63) is 18.2 Å². The molecule has 0 saturated heterocycles. The number of hydrogen-bond donors (Lipinski definition) is 2. The summed E-state index contributed by atoms with van der Waals surface area (Å²) in [4.78, 5) is 1.18. The largest absolute Gasteiger partial charge is 0.497 e. The Kier molecular flexibility index (Phi) is 1.86. The van der Waals surface area contributed by atoms with E-state index in [0.717, 1.165) is 11.4 Å². The van der Waals surface area contributed by atoms with Crippen LogP contribution >= 0.6 is 11.8 Å². The molecule has 1 aromatic carbocycles. The van der Waals surface area contributed by atoms with E-state index in [9.17, 15) is 0 Å². The molecule has 2 rings (SSSR count). The van der Waals surface area contributed by atoms with E-state index >= 15 is 0 Å². The third kappa shape index (κ3) is 1.23. The van der Waals surface area contributed by atoms with Crippen LogP contribution in [0, 0.1) is 0 Å². The summed E-state index contributed by atoms with van der Waals surface area (Å²) in [5.41, 5.74) is 6.73. The predicted molar refractivity (Wildman–Crippen MR) is 50.4 cm³/mol. The maximum Gasteiger partial charge on any atom is 0.127 e. The summed E-state index contributed by atoms with van der Waals surface area (Å²) in [6.45, 7) is 0. The van der Waals surface area contributed by atoms with Gasteiger partial charge < -0.3 is 15.8 Å². The van der Waals surface area contributed by atoms with E-state index in [0.29, 0.717) is 0 Å². The number of benzene rings is 1. The molecule has 0 spiro atoms. The summed E-state index contributed by atoms with van der Waals surface area (Å²) in [5, 5.41) is 3.13. The van der Waals surface area contributed by atoms with Crippen molar-refractivity contribution in [1.29, 1.82) is 0 Å². The minimum Gasteiger partial charge on any atom is -0.497 e. The van der Waals surface area contributed by atoms with E-state index in [2.05, 4.69) is 5.32 Å². The summed E-state index contributed by atoms with van der Waals surface area (Å²) < 4.78 is 5.08. The highest BCUT2D eigenvalue weighted by atomic mass is 32.2. The molecule has 0 radical (unpaired) electrons. The average Bonchev–Trinajstić information content (AvgIpc) is 2.43. The zero-order chi connectivity index (χ0) is 8.55. The second-order valence-corrected chi connectivity index (χ2v) is 3.73. The van der Waals surface area contributed by atoms with E-state index in [-0.39, 0.29) is 5.50 Å². The van der Waals surface area contributed by atoms with Gasteiger partial charge in [-0.15, -0.1) is 0 Å². The number of methoxy groups -OCH3 is 1. The van der Waals surface area contributed by atoms with E-state index in [1.165, 1.54) is 4.90 Å². The van der Waals surface area contributed by atoms with Crippen LogP contribution in [0.1, 0.15) is 0 Å². The molecular weight excluding hydrogens is 172 g/mol. The normalized spacial score (nSPS) is 20.0. The van der Waals surface area contributed by atoms with Gasteiger partial charge in [0.25, 0.3) is 0 Å². The van der Waals surface area contributed by atoms with E-state index < -0.39 is 0 Å². The minimum atomic E-state index is -0.0212. The molecule has 1 aromatic rings. The highest BCUT2D eigenvalue weighted by Gasteiger charge is 2.17. The van der Waals surface area contributed by atoms with Gasteiger partial charge in [0.1, 0.15) is 11.2 Å². The lowest BCUT2D eigenvalue weighted by Gasteiger charge is -2.02. The third-order valence-corrected chi connectivity index (χ3v) is 2.72. The number of rotatable bonds is 1. The Morgan fingerprint density at radius 3 is 3.17 bits per heavy atom. The van der Waals surface area contributed by atoms with Gasteiger partial charge in [-0.05, 0) is 12.1 Å². The Balaban J connectivity index is 2.35. The van der Waals surface area contributed by atoms with Crippen molar-refractivity contribution in [3.63, 3.8) is 0 Å². The monoisotopic (exact) mass is 182 g/mol. The number of anilines is 1. The Morgan fingerprint density at radius 1 is 1.58 bits per heavy atom. The van der Waals surface area contributed by atoms with Crippen molar-refractivity contribution in [2.24, 2.45) is 5.73 Å². The van der Waals surface area contributed by atoms with Crippen LogP contribution in [0.2, 0.25) is 0 Å². The van der Waals surface area contributed by atoms with Crippen LogP contribution in [0.3, 0.4) is 0 Å². The molecule has 1 atom stereocenters. The van der Waals surface area contributed by atoms with Crippen LogP contribution in [0.5, 0.6) is 5.75 Å². The Labute approximate surface area is 75.3 Å². The summed E-state index contributed by atoms with van der Waals surface area (Å²) in [6.07, 6.45) is 0. The lowest BCUT2D eigenvalue weighted by Crippen LogP contribution is -2.20. The van der Waals surface area contributed by atoms with E-state index in [1.54, 1.807) is 18.9 Å². The van der Waals surface area contributed by atoms with Gasteiger partial charge in [0.05, 0.1) is 12.8 Å². The summed E-state index contributed by atoms with van der Waals surface area (Å²) in [7, 11) is 1.66.